The van der Waals surface area contributed by atoms with Gasteiger partial charge >= 0.3 is 11.9 Å². The second kappa shape index (κ2) is 10.4. The second-order valence-electron chi connectivity index (χ2n) is 5.85. The summed E-state index contributed by atoms with van der Waals surface area (Å²) in [5.74, 6) is -1.76. The maximum atomic E-state index is 12.0. The third-order valence-corrected chi connectivity index (χ3v) is 3.57. The van der Waals surface area contributed by atoms with Crippen molar-refractivity contribution in [3.63, 3.8) is 0 Å². The first-order valence-corrected chi connectivity index (χ1v) is 8.71. The highest BCUT2D eigenvalue weighted by atomic mass is 127. The van der Waals surface area contributed by atoms with Crippen LogP contribution in [0.2, 0.25) is 0 Å². The third-order valence-electron chi connectivity index (χ3n) is 2.80. The van der Waals surface area contributed by atoms with Gasteiger partial charge in [-0.2, -0.15) is 0 Å². The van der Waals surface area contributed by atoms with Gasteiger partial charge in [0.2, 0.25) is 0 Å². The molecule has 0 aliphatic heterocycles. The van der Waals surface area contributed by atoms with Crippen molar-refractivity contribution in [3.8, 4) is 0 Å². The molecule has 0 saturated heterocycles. The summed E-state index contributed by atoms with van der Waals surface area (Å²) in [4.78, 5) is 23.7. The minimum atomic E-state index is -0.788. The van der Waals surface area contributed by atoms with Crippen molar-refractivity contribution in [3.05, 3.63) is 0 Å². The molecular formula is C15H27IO4. The summed E-state index contributed by atoms with van der Waals surface area (Å²) in [7, 11) is 1.31. The molecule has 0 spiro atoms. The Hall–Kier alpha value is -0.330. The first-order valence-electron chi connectivity index (χ1n) is 7.18. The Morgan fingerprint density at radius 1 is 1.00 bits per heavy atom. The first-order chi connectivity index (χ1) is 9.31. The molecule has 0 rings (SSSR count). The largest absolute Gasteiger partial charge is 0.468 e. The highest BCUT2D eigenvalue weighted by Gasteiger charge is 2.31. The van der Waals surface area contributed by atoms with E-state index in [2.05, 4.69) is 22.6 Å². The number of carbonyl (C=O) groups is 2. The van der Waals surface area contributed by atoms with Crippen LogP contribution in [0.25, 0.3) is 0 Å². The lowest BCUT2D eigenvalue weighted by Gasteiger charge is -2.22. The Bertz CT molecular complexity index is 297. The molecular weight excluding hydrogens is 371 g/mol. The van der Waals surface area contributed by atoms with E-state index in [1.54, 1.807) is 20.8 Å². The van der Waals surface area contributed by atoms with E-state index in [-0.39, 0.29) is 0 Å². The minimum Gasteiger partial charge on any atom is -0.468 e. The van der Waals surface area contributed by atoms with E-state index in [1.165, 1.54) is 24.4 Å². The predicted octanol–water partition coefficient (Wildman–Crippen LogP) is 3.89. The molecule has 0 fully saturated rings. The molecule has 0 heterocycles. The third kappa shape index (κ3) is 9.55. The lowest BCUT2D eigenvalue weighted by Crippen LogP contribution is -2.33. The first kappa shape index (κ1) is 19.7. The number of carbonyl (C=O) groups excluding carboxylic acids is 2. The van der Waals surface area contributed by atoms with E-state index in [0.29, 0.717) is 6.42 Å². The molecule has 0 aromatic rings. The molecule has 0 N–H and O–H groups in total. The predicted molar refractivity (Wildman–Crippen MR) is 87.9 cm³/mol. The van der Waals surface area contributed by atoms with Crippen LogP contribution in [0.1, 0.15) is 59.3 Å². The van der Waals surface area contributed by atoms with Gasteiger partial charge in [-0.1, -0.05) is 48.3 Å². The Balaban J connectivity index is 4.23. The van der Waals surface area contributed by atoms with Gasteiger partial charge in [-0.25, -0.2) is 0 Å². The fourth-order valence-electron chi connectivity index (χ4n) is 1.82. The zero-order chi connectivity index (χ0) is 15.6. The molecule has 1 atom stereocenters. The Labute approximate surface area is 136 Å². The maximum Gasteiger partial charge on any atom is 0.320 e. The molecule has 0 bridgehead atoms. The Kier molecular flexibility index (Phi) is 10.2. The number of halogens is 1. The summed E-state index contributed by atoms with van der Waals surface area (Å²) in [5, 5.41) is 0. The molecule has 5 heteroatoms. The molecule has 0 saturated carbocycles. The monoisotopic (exact) mass is 398 g/mol. The van der Waals surface area contributed by atoms with Gasteiger partial charge in [0.15, 0.2) is 5.92 Å². The van der Waals surface area contributed by atoms with Crippen molar-refractivity contribution in [2.75, 3.05) is 11.5 Å². The number of ether oxygens (including phenoxy) is 2. The average Bonchev–Trinajstić information content (AvgIpc) is 2.35. The van der Waals surface area contributed by atoms with Crippen LogP contribution in [-0.2, 0) is 19.1 Å². The topological polar surface area (TPSA) is 52.6 Å². The smallest absolute Gasteiger partial charge is 0.320 e. The van der Waals surface area contributed by atoms with Gasteiger partial charge in [0.1, 0.15) is 5.60 Å². The van der Waals surface area contributed by atoms with Crippen molar-refractivity contribution in [1.29, 1.82) is 0 Å². The molecule has 20 heavy (non-hydrogen) atoms. The van der Waals surface area contributed by atoms with E-state index >= 15 is 0 Å². The van der Waals surface area contributed by atoms with Gasteiger partial charge in [0, 0.05) is 0 Å². The Morgan fingerprint density at radius 3 is 2.05 bits per heavy atom. The molecule has 0 aliphatic rings. The van der Waals surface area contributed by atoms with Gasteiger partial charge < -0.3 is 9.47 Å². The highest BCUT2D eigenvalue weighted by molar-refractivity contribution is 14.1. The number of methoxy groups -OCH3 is 1. The van der Waals surface area contributed by atoms with E-state index in [9.17, 15) is 9.59 Å². The maximum absolute atomic E-state index is 12.0. The summed E-state index contributed by atoms with van der Waals surface area (Å²) in [6, 6.07) is 0. The van der Waals surface area contributed by atoms with Gasteiger partial charge in [0.05, 0.1) is 7.11 Å². The summed E-state index contributed by atoms with van der Waals surface area (Å²) in [5.41, 5.74) is -0.580. The fourth-order valence-corrected chi connectivity index (χ4v) is 2.36. The highest BCUT2D eigenvalue weighted by Crippen LogP contribution is 2.18. The lowest BCUT2D eigenvalue weighted by atomic mass is 10.00. The number of unbranched alkanes of at least 4 members (excludes halogenated alkanes) is 4. The molecule has 0 unspecified atom stereocenters. The van der Waals surface area contributed by atoms with Crippen LogP contribution in [0.5, 0.6) is 0 Å². The van der Waals surface area contributed by atoms with E-state index < -0.39 is 23.5 Å². The van der Waals surface area contributed by atoms with Crippen molar-refractivity contribution in [2.24, 2.45) is 5.92 Å². The number of hydrogen-bond acceptors (Lipinski definition) is 4. The van der Waals surface area contributed by atoms with Crippen LogP contribution in [0.4, 0.5) is 0 Å². The number of rotatable bonds is 9. The molecule has 0 aromatic carbocycles. The van der Waals surface area contributed by atoms with E-state index in [1.807, 2.05) is 0 Å². The standard InChI is InChI=1S/C15H27IO4/c1-15(2,3)20-14(18)12(13(17)19-4)10-8-6-5-7-9-11-16/h12H,5-11H2,1-4H3/t12-/m1/s1. The van der Waals surface area contributed by atoms with Gasteiger partial charge in [-0.15, -0.1) is 0 Å². The molecule has 0 amide bonds. The number of hydrogen-bond donors (Lipinski definition) is 0. The normalized spacial score (nSPS) is 12.8. The zero-order valence-corrected chi connectivity index (χ0v) is 15.2. The number of alkyl halides is 1. The fraction of sp³-hybridized carbons (Fsp3) is 0.867. The molecule has 0 radical (unpaired) electrons. The van der Waals surface area contributed by atoms with Crippen LogP contribution >= 0.6 is 22.6 Å². The zero-order valence-electron chi connectivity index (χ0n) is 13.0. The van der Waals surface area contributed by atoms with Crippen molar-refractivity contribution in [1.82, 2.24) is 0 Å². The summed E-state index contributed by atoms with van der Waals surface area (Å²) < 4.78 is 11.2. The van der Waals surface area contributed by atoms with Crippen molar-refractivity contribution in [2.45, 2.75) is 64.9 Å². The molecule has 4 nitrogen and oxygen atoms in total. The van der Waals surface area contributed by atoms with E-state index in [0.717, 1.165) is 19.3 Å². The van der Waals surface area contributed by atoms with Crippen molar-refractivity contribution < 1.29 is 19.1 Å². The quantitative estimate of drug-likeness (QED) is 0.194. The number of esters is 2. The van der Waals surface area contributed by atoms with Crippen molar-refractivity contribution >= 4 is 34.5 Å². The van der Waals surface area contributed by atoms with Crippen LogP contribution < -0.4 is 0 Å². The summed E-state index contributed by atoms with van der Waals surface area (Å²) in [6.07, 6.45) is 5.97. The Morgan fingerprint density at radius 2 is 1.55 bits per heavy atom. The molecule has 0 aromatic heterocycles. The van der Waals surface area contributed by atoms with Crippen LogP contribution in [0.3, 0.4) is 0 Å². The molecule has 118 valence electrons. The van der Waals surface area contributed by atoms with Crippen LogP contribution in [-0.4, -0.2) is 29.1 Å². The van der Waals surface area contributed by atoms with Gasteiger partial charge in [0.25, 0.3) is 0 Å². The average molecular weight is 398 g/mol. The van der Waals surface area contributed by atoms with Gasteiger partial charge in [-0.05, 0) is 38.0 Å². The van der Waals surface area contributed by atoms with Crippen LogP contribution in [0, 0.1) is 5.92 Å². The second-order valence-corrected chi connectivity index (χ2v) is 6.93. The van der Waals surface area contributed by atoms with E-state index in [4.69, 9.17) is 9.47 Å². The molecule has 0 aliphatic carbocycles. The lowest BCUT2D eigenvalue weighted by molar-refractivity contribution is -0.168. The summed E-state index contributed by atoms with van der Waals surface area (Å²) in [6.45, 7) is 5.38. The summed E-state index contributed by atoms with van der Waals surface area (Å²) >= 11 is 2.37. The minimum absolute atomic E-state index is 0.475. The SMILES string of the molecule is COC(=O)[C@@H](CCCCCCCI)C(=O)OC(C)(C)C. The van der Waals surface area contributed by atoms with Crippen LogP contribution in [0.15, 0.2) is 0 Å². The van der Waals surface area contributed by atoms with Gasteiger partial charge in [-0.3, -0.25) is 9.59 Å².